The van der Waals surface area contributed by atoms with Crippen molar-refractivity contribution < 1.29 is 29.7 Å². The van der Waals surface area contributed by atoms with Crippen LogP contribution in [-0.2, 0) is 20.8 Å². The number of rotatable bonds is 1. The zero-order valence-electron chi connectivity index (χ0n) is 15.5. The molecule has 5 N–H and O–H groups in total. The lowest BCUT2D eigenvalue weighted by Crippen LogP contribution is -2.48. The summed E-state index contributed by atoms with van der Waals surface area (Å²) in [5.41, 5.74) is 6.71. The second-order valence-electron chi connectivity index (χ2n) is 7.94. The zero-order chi connectivity index (χ0) is 20.5. The number of allylic oxidation sites excluding steroid dienone is 2. The Balaban J connectivity index is 1.94. The number of aromatic hydroxyl groups is 1. The number of phenolic OH excluding ortho intramolecular Hbond substituents is 1. The third-order valence-corrected chi connectivity index (χ3v) is 6.60. The van der Waals surface area contributed by atoms with Gasteiger partial charge >= 0.3 is 0 Å². The molecule has 0 radical (unpaired) electrons. The number of amides is 1. The number of hydrogen-bond donors (Lipinski definition) is 4. The summed E-state index contributed by atoms with van der Waals surface area (Å²) in [5.74, 6) is -5.33. The molecule has 0 heterocycles. The molecule has 28 heavy (non-hydrogen) atoms. The summed E-state index contributed by atoms with van der Waals surface area (Å²) >= 11 is 0. The maximum atomic E-state index is 13.3. The Bertz CT molecular complexity index is 1020. The molecule has 0 bridgehead atoms. The average molecular weight is 383 g/mol. The second kappa shape index (κ2) is 5.95. The molecule has 1 fully saturated rings. The first-order valence-corrected chi connectivity index (χ1v) is 9.20. The Morgan fingerprint density at radius 2 is 1.82 bits per heavy atom. The van der Waals surface area contributed by atoms with Crippen molar-refractivity contribution in [3.05, 3.63) is 45.7 Å². The molecule has 1 saturated carbocycles. The van der Waals surface area contributed by atoms with Crippen LogP contribution in [0.3, 0.4) is 0 Å². The van der Waals surface area contributed by atoms with Crippen LogP contribution in [0.15, 0.2) is 29.0 Å². The minimum atomic E-state index is -1.10. The van der Waals surface area contributed by atoms with Gasteiger partial charge in [0.25, 0.3) is 5.91 Å². The van der Waals surface area contributed by atoms with Crippen molar-refractivity contribution in [2.75, 3.05) is 0 Å². The molecule has 0 aliphatic heterocycles. The fraction of sp³-hybridized carbons (Fsp3) is 0.381. The predicted molar refractivity (Wildman–Crippen MR) is 99.2 cm³/mol. The van der Waals surface area contributed by atoms with Crippen LogP contribution in [0, 0.1) is 30.6 Å². The van der Waals surface area contributed by atoms with Gasteiger partial charge in [-0.2, -0.15) is 0 Å². The molecule has 4 rings (SSSR count). The van der Waals surface area contributed by atoms with E-state index < -0.39 is 40.6 Å². The number of primary amides is 1. The van der Waals surface area contributed by atoms with Crippen molar-refractivity contribution >= 4 is 23.2 Å². The first-order chi connectivity index (χ1) is 13.1. The molecule has 1 aromatic carbocycles. The smallest absolute Gasteiger partial charge is 0.255 e. The molecule has 0 saturated heterocycles. The van der Waals surface area contributed by atoms with E-state index in [1.807, 2.05) is 13.8 Å². The summed E-state index contributed by atoms with van der Waals surface area (Å²) in [7, 11) is 0. The van der Waals surface area contributed by atoms with Crippen LogP contribution in [0.2, 0.25) is 0 Å². The normalized spacial score (nSPS) is 29.4. The van der Waals surface area contributed by atoms with Gasteiger partial charge in [0.05, 0.1) is 11.5 Å². The highest BCUT2D eigenvalue weighted by atomic mass is 16.3. The number of phenols is 1. The van der Waals surface area contributed by atoms with Crippen LogP contribution in [0.4, 0.5) is 0 Å². The number of nitrogens with two attached hydrogens (primary N) is 1. The number of aliphatic hydroxyl groups excluding tert-OH is 2. The van der Waals surface area contributed by atoms with Crippen molar-refractivity contribution in [1.29, 1.82) is 0 Å². The van der Waals surface area contributed by atoms with Gasteiger partial charge in [-0.25, -0.2) is 0 Å². The van der Waals surface area contributed by atoms with Gasteiger partial charge in [0.1, 0.15) is 22.8 Å². The SMILES string of the molecule is Cc1ccc(O)c2c1CC1C(=C2O)C(=O)C2C(O)=C(C(N)=O)C(=O)CC2C1C. The summed E-state index contributed by atoms with van der Waals surface area (Å²) < 4.78 is 0. The zero-order valence-corrected chi connectivity index (χ0v) is 15.5. The molecule has 0 aromatic heterocycles. The topological polar surface area (TPSA) is 138 Å². The van der Waals surface area contributed by atoms with Crippen LogP contribution in [0.5, 0.6) is 5.75 Å². The van der Waals surface area contributed by atoms with E-state index in [0.29, 0.717) is 6.42 Å². The molecular formula is C21H21NO6. The molecule has 7 heteroatoms. The van der Waals surface area contributed by atoms with Gasteiger partial charge in [0.2, 0.25) is 0 Å². The first-order valence-electron chi connectivity index (χ1n) is 9.20. The highest BCUT2D eigenvalue weighted by Crippen LogP contribution is 2.52. The third kappa shape index (κ3) is 2.25. The van der Waals surface area contributed by atoms with Crippen LogP contribution >= 0.6 is 0 Å². The fourth-order valence-electron chi connectivity index (χ4n) is 5.12. The number of benzene rings is 1. The molecular weight excluding hydrogens is 362 g/mol. The van der Waals surface area contributed by atoms with E-state index in [-0.39, 0.29) is 40.9 Å². The predicted octanol–water partition coefficient (Wildman–Crippen LogP) is 1.86. The van der Waals surface area contributed by atoms with E-state index >= 15 is 0 Å². The molecule has 4 unspecified atom stereocenters. The Kier molecular flexibility index (Phi) is 3.89. The van der Waals surface area contributed by atoms with Crippen molar-refractivity contribution in [2.45, 2.75) is 26.7 Å². The highest BCUT2D eigenvalue weighted by molar-refractivity contribution is 6.21. The van der Waals surface area contributed by atoms with Gasteiger partial charge in [-0.3, -0.25) is 14.4 Å². The van der Waals surface area contributed by atoms with Crippen molar-refractivity contribution in [2.24, 2.45) is 29.4 Å². The lowest BCUT2D eigenvalue weighted by molar-refractivity contribution is -0.129. The maximum absolute atomic E-state index is 13.3. The van der Waals surface area contributed by atoms with E-state index in [4.69, 9.17) is 5.73 Å². The second-order valence-corrected chi connectivity index (χ2v) is 7.94. The van der Waals surface area contributed by atoms with E-state index in [1.54, 1.807) is 6.07 Å². The first kappa shape index (κ1) is 18.3. The Hall–Kier alpha value is -3.09. The summed E-state index contributed by atoms with van der Waals surface area (Å²) in [6, 6.07) is 3.22. The van der Waals surface area contributed by atoms with Crippen LogP contribution in [-0.4, -0.2) is 32.8 Å². The standard InChI is InChI=1S/C21H21NO6/c1-7-3-4-12(23)14-9(7)5-10-8(2)11-6-13(24)17(21(22)28)20(27)16(11)19(26)15(10)18(14)25/h3-4,8,10-11,16,23,25,27H,5-6H2,1-2H3,(H2,22,28). The van der Waals surface area contributed by atoms with Gasteiger partial charge in [-0.15, -0.1) is 0 Å². The van der Waals surface area contributed by atoms with Crippen molar-refractivity contribution in [3.8, 4) is 5.75 Å². The monoisotopic (exact) mass is 383 g/mol. The van der Waals surface area contributed by atoms with Gasteiger partial charge in [-0.05, 0) is 48.3 Å². The van der Waals surface area contributed by atoms with E-state index in [2.05, 4.69) is 0 Å². The average Bonchev–Trinajstić information content (AvgIpc) is 2.61. The summed E-state index contributed by atoms with van der Waals surface area (Å²) in [6.07, 6.45) is 0.378. The van der Waals surface area contributed by atoms with E-state index in [1.165, 1.54) is 6.07 Å². The number of fused-ring (bicyclic) bond motifs is 3. The van der Waals surface area contributed by atoms with E-state index in [9.17, 15) is 29.7 Å². The summed E-state index contributed by atoms with van der Waals surface area (Å²) in [5, 5.41) is 31.7. The Morgan fingerprint density at radius 3 is 2.46 bits per heavy atom. The largest absolute Gasteiger partial charge is 0.511 e. The van der Waals surface area contributed by atoms with Gasteiger partial charge < -0.3 is 21.1 Å². The Labute approximate surface area is 161 Å². The van der Waals surface area contributed by atoms with Crippen molar-refractivity contribution in [1.82, 2.24) is 0 Å². The number of hydrogen-bond acceptors (Lipinski definition) is 6. The number of aryl methyl sites for hydroxylation is 1. The Morgan fingerprint density at radius 1 is 1.14 bits per heavy atom. The summed E-state index contributed by atoms with van der Waals surface area (Å²) in [6.45, 7) is 3.74. The number of Topliss-reactive ketones (excluding diaryl/α,β-unsaturated/α-hetero) is 2. The third-order valence-electron chi connectivity index (χ3n) is 6.60. The molecule has 146 valence electrons. The molecule has 0 spiro atoms. The molecule has 3 aliphatic carbocycles. The quantitative estimate of drug-likeness (QED) is 0.546. The van der Waals surface area contributed by atoms with Crippen molar-refractivity contribution in [3.63, 3.8) is 0 Å². The molecule has 3 aliphatic rings. The molecule has 7 nitrogen and oxygen atoms in total. The molecule has 1 amide bonds. The van der Waals surface area contributed by atoms with Crippen LogP contribution < -0.4 is 5.73 Å². The van der Waals surface area contributed by atoms with Crippen LogP contribution in [0.25, 0.3) is 5.76 Å². The fourth-order valence-corrected chi connectivity index (χ4v) is 5.12. The maximum Gasteiger partial charge on any atom is 0.255 e. The molecule has 4 atom stereocenters. The summed E-state index contributed by atoms with van der Waals surface area (Å²) in [4.78, 5) is 37.2. The number of carbonyl (C=O) groups excluding carboxylic acids is 3. The van der Waals surface area contributed by atoms with Gasteiger partial charge in [0.15, 0.2) is 11.6 Å². The number of carbonyl (C=O) groups is 3. The minimum absolute atomic E-state index is 0.0592. The minimum Gasteiger partial charge on any atom is -0.511 e. The number of ketones is 2. The lowest BCUT2D eigenvalue weighted by atomic mass is 9.57. The van der Waals surface area contributed by atoms with E-state index in [0.717, 1.165) is 11.1 Å². The lowest BCUT2D eigenvalue weighted by Gasteiger charge is -2.45. The van der Waals surface area contributed by atoms with Crippen LogP contribution in [0.1, 0.15) is 30.0 Å². The van der Waals surface area contributed by atoms with Gasteiger partial charge in [-0.1, -0.05) is 13.0 Å². The number of aliphatic hydroxyl groups is 2. The van der Waals surface area contributed by atoms with Gasteiger partial charge in [0, 0.05) is 12.0 Å². The highest BCUT2D eigenvalue weighted by Gasteiger charge is 2.54. The molecule has 1 aromatic rings.